The van der Waals surface area contributed by atoms with Gasteiger partial charge in [-0.15, -0.1) is 0 Å². The molecular weight excluding hydrogens is 374 g/mol. The van der Waals surface area contributed by atoms with Crippen molar-refractivity contribution < 1.29 is 23.9 Å². The molecule has 1 saturated heterocycles. The maximum atomic E-state index is 12.8. The third-order valence-corrected chi connectivity index (χ3v) is 4.69. The van der Waals surface area contributed by atoms with Crippen LogP contribution in [0.25, 0.3) is 0 Å². The summed E-state index contributed by atoms with van der Waals surface area (Å²) in [4.78, 5) is 38.1. The van der Waals surface area contributed by atoms with Crippen LogP contribution in [0.3, 0.4) is 0 Å². The van der Waals surface area contributed by atoms with Gasteiger partial charge in [-0.3, -0.25) is 14.4 Å². The molecule has 0 bridgehead atoms. The lowest BCUT2D eigenvalue weighted by molar-refractivity contribution is -0.120. The highest BCUT2D eigenvalue weighted by atomic mass is 16.5. The van der Waals surface area contributed by atoms with Crippen LogP contribution in [-0.4, -0.2) is 43.5 Å². The number of carbonyl (C=O) groups excluding carboxylic acids is 3. The molecule has 3 rings (SSSR count). The van der Waals surface area contributed by atoms with Gasteiger partial charge in [0.15, 0.2) is 18.1 Å². The first-order chi connectivity index (χ1) is 13.9. The molecule has 1 fully saturated rings. The molecule has 0 aliphatic carbocycles. The first-order valence-electron chi connectivity index (χ1n) is 9.19. The Bertz CT molecular complexity index is 916. The number of nitrogens with one attached hydrogen (secondary N) is 1. The summed E-state index contributed by atoms with van der Waals surface area (Å²) in [6.07, 6.45) is 0.510. The molecule has 1 aliphatic rings. The van der Waals surface area contributed by atoms with Crippen LogP contribution in [0, 0.1) is 0 Å². The largest absolute Gasteiger partial charge is 0.493 e. The van der Waals surface area contributed by atoms with Crippen LogP contribution in [0.15, 0.2) is 48.5 Å². The van der Waals surface area contributed by atoms with Crippen molar-refractivity contribution in [3.05, 3.63) is 54.1 Å². The highest BCUT2D eigenvalue weighted by Gasteiger charge is 2.38. The second-order valence-corrected chi connectivity index (χ2v) is 6.78. The number of amides is 3. The topological polar surface area (TPSA) is 111 Å². The zero-order chi connectivity index (χ0) is 21.0. The van der Waals surface area contributed by atoms with E-state index in [1.165, 1.54) is 25.3 Å². The number of ether oxygens (including phenoxy) is 2. The predicted octanol–water partition coefficient (Wildman–Crippen LogP) is 1.48. The molecule has 8 nitrogen and oxygen atoms in total. The first kappa shape index (κ1) is 20.2. The molecule has 3 N–H and O–H groups in total. The van der Waals surface area contributed by atoms with E-state index in [1.807, 2.05) is 37.3 Å². The summed E-state index contributed by atoms with van der Waals surface area (Å²) in [7, 11) is 1.42. The fraction of sp³-hybridized carbons (Fsp3) is 0.286. The smallest absolute Gasteiger partial charge is 0.255 e. The van der Waals surface area contributed by atoms with E-state index < -0.39 is 17.9 Å². The molecule has 29 heavy (non-hydrogen) atoms. The number of carbonyl (C=O) groups is 3. The predicted molar refractivity (Wildman–Crippen MR) is 107 cm³/mol. The van der Waals surface area contributed by atoms with E-state index in [2.05, 4.69) is 5.32 Å². The molecule has 0 radical (unpaired) electrons. The van der Waals surface area contributed by atoms with Gasteiger partial charge in [-0.25, -0.2) is 0 Å². The summed E-state index contributed by atoms with van der Waals surface area (Å²) in [5.74, 6) is -0.582. The SMILES string of the molecule is COc1cc(C(=O)NC2CC(C)N(c3ccccc3)C2=O)ccc1OCC(N)=O. The number of para-hydroxylation sites is 1. The Morgan fingerprint density at radius 3 is 2.55 bits per heavy atom. The zero-order valence-corrected chi connectivity index (χ0v) is 16.3. The highest BCUT2D eigenvalue weighted by molar-refractivity contribution is 6.04. The number of nitrogens with zero attached hydrogens (tertiary/aromatic N) is 1. The second-order valence-electron chi connectivity index (χ2n) is 6.78. The summed E-state index contributed by atoms with van der Waals surface area (Å²) in [6, 6.07) is 13.3. The van der Waals surface area contributed by atoms with Crippen LogP contribution in [0.1, 0.15) is 23.7 Å². The van der Waals surface area contributed by atoms with E-state index in [-0.39, 0.29) is 24.3 Å². The molecule has 1 heterocycles. The van der Waals surface area contributed by atoms with Crippen molar-refractivity contribution in [2.24, 2.45) is 5.73 Å². The van der Waals surface area contributed by atoms with Crippen molar-refractivity contribution in [1.29, 1.82) is 0 Å². The monoisotopic (exact) mass is 397 g/mol. The quantitative estimate of drug-likeness (QED) is 0.735. The van der Waals surface area contributed by atoms with Gasteiger partial charge < -0.3 is 25.4 Å². The van der Waals surface area contributed by atoms with E-state index >= 15 is 0 Å². The van der Waals surface area contributed by atoms with Crippen LogP contribution in [-0.2, 0) is 9.59 Å². The standard InChI is InChI=1S/C21H23N3O5/c1-13-10-16(21(27)24(13)15-6-4-3-5-7-15)23-20(26)14-8-9-17(18(11-14)28-2)29-12-19(22)25/h3-9,11,13,16H,10,12H2,1-2H3,(H2,22,25)(H,23,26). The van der Waals surface area contributed by atoms with Crippen LogP contribution >= 0.6 is 0 Å². The number of nitrogens with two attached hydrogens (primary N) is 1. The zero-order valence-electron chi connectivity index (χ0n) is 16.3. The lowest BCUT2D eigenvalue weighted by Gasteiger charge is -2.21. The summed E-state index contributed by atoms with van der Waals surface area (Å²) in [5, 5.41) is 2.80. The molecule has 3 amide bonds. The van der Waals surface area contributed by atoms with Gasteiger partial charge in [0.05, 0.1) is 7.11 Å². The van der Waals surface area contributed by atoms with Crippen molar-refractivity contribution in [2.75, 3.05) is 18.6 Å². The van der Waals surface area contributed by atoms with Gasteiger partial charge in [0.2, 0.25) is 5.91 Å². The normalized spacial score (nSPS) is 18.4. The fourth-order valence-electron chi connectivity index (χ4n) is 3.34. The molecule has 1 aliphatic heterocycles. The minimum absolute atomic E-state index is 0.0330. The molecule has 0 saturated carbocycles. The van der Waals surface area contributed by atoms with E-state index in [9.17, 15) is 14.4 Å². The van der Waals surface area contributed by atoms with Crippen molar-refractivity contribution >= 4 is 23.4 Å². The van der Waals surface area contributed by atoms with Crippen molar-refractivity contribution in [2.45, 2.75) is 25.4 Å². The first-order valence-corrected chi connectivity index (χ1v) is 9.19. The van der Waals surface area contributed by atoms with Crippen molar-refractivity contribution in [1.82, 2.24) is 5.32 Å². The number of benzene rings is 2. The Morgan fingerprint density at radius 2 is 1.90 bits per heavy atom. The van der Waals surface area contributed by atoms with Crippen molar-refractivity contribution in [3.8, 4) is 11.5 Å². The van der Waals surface area contributed by atoms with Gasteiger partial charge in [-0.1, -0.05) is 18.2 Å². The van der Waals surface area contributed by atoms with Crippen LogP contribution < -0.4 is 25.4 Å². The molecule has 0 aromatic heterocycles. The average molecular weight is 397 g/mol. The number of rotatable bonds is 7. The molecule has 2 unspecified atom stereocenters. The molecule has 152 valence electrons. The Balaban J connectivity index is 1.71. The van der Waals surface area contributed by atoms with Gasteiger partial charge in [-0.05, 0) is 43.7 Å². The van der Waals surface area contributed by atoms with Gasteiger partial charge in [0.25, 0.3) is 11.8 Å². The van der Waals surface area contributed by atoms with E-state index in [0.717, 1.165) is 5.69 Å². The Morgan fingerprint density at radius 1 is 1.17 bits per heavy atom. The highest BCUT2D eigenvalue weighted by Crippen LogP contribution is 2.29. The van der Waals surface area contributed by atoms with Gasteiger partial charge in [0.1, 0.15) is 6.04 Å². The maximum Gasteiger partial charge on any atom is 0.255 e. The van der Waals surface area contributed by atoms with Crippen LogP contribution in [0.5, 0.6) is 11.5 Å². The van der Waals surface area contributed by atoms with Crippen LogP contribution in [0.2, 0.25) is 0 Å². The third-order valence-electron chi connectivity index (χ3n) is 4.69. The number of anilines is 1. The molecule has 2 aromatic rings. The van der Waals surface area contributed by atoms with E-state index in [0.29, 0.717) is 17.7 Å². The molecule has 2 aromatic carbocycles. The molecule has 2 atom stereocenters. The molecule has 8 heteroatoms. The Labute approximate surface area is 168 Å². The lowest BCUT2D eigenvalue weighted by Crippen LogP contribution is -2.42. The molecular formula is C21H23N3O5. The average Bonchev–Trinajstić information content (AvgIpc) is 2.99. The lowest BCUT2D eigenvalue weighted by atomic mass is 10.1. The number of hydrogen-bond acceptors (Lipinski definition) is 5. The van der Waals surface area contributed by atoms with E-state index in [1.54, 1.807) is 4.90 Å². The maximum absolute atomic E-state index is 12.8. The Kier molecular flexibility index (Phi) is 6.01. The Hall–Kier alpha value is -3.55. The second kappa shape index (κ2) is 8.64. The van der Waals surface area contributed by atoms with E-state index in [4.69, 9.17) is 15.2 Å². The van der Waals surface area contributed by atoms with Crippen LogP contribution in [0.4, 0.5) is 5.69 Å². The number of hydrogen-bond donors (Lipinski definition) is 2. The summed E-state index contributed by atoms with van der Waals surface area (Å²) in [5.41, 5.74) is 6.19. The summed E-state index contributed by atoms with van der Waals surface area (Å²) >= 11 is 0. The van der Waals surface area contributed by atoms with Gasteiger partial charge in [-0.2, -0.15) is 0 Å². The minimum atomic E-state index is -0.620. The molecule has 0 spiro atoms. The summed E-state index contributed by atoms with van der Waals surface area (Å²) < 4.78 is 10.5. The van der Waals surface area contributed by atoms with Gasteiger partial charge in [0, 0.05) is 17.3 Å². The number of methoxy groups -OCH3 is 1. The number of primary amides is 1. The minimum Gasteiger partial charge on any atom is -0.493 e. The summed E-state index contributed by atoms with van der Waals surface area (Å²) in [6.45, 7) is 1.65. The third kappa shape index (κ3) is 4.48. The van der Waals surface area contributed by atoms with Gasteiger partial charge >= 0.3 is 0 Å². The van der Waals surface area contributed by atoms with Crippen molar-refractivity contribution in [3.63, 3.8) is 0 Å². The fourth-order valence-corrected chi connectivity index (χ4v) is 3.34.